The average molecular weight is 141 g/mol. The van der Waals surface area contributed by atoms with Gasteiger partial charge in [0.2, 0.25) is 0 Å². The number of H-pyrrole nitrogens is 1. The summed E-state index contributed by atoms with van der Waals surface area (Å²) in [5.74, 6) is -0.0671. The SMILES string of the molecule is O=C1NCCc2[nH]cnc21.[HH].[HH]. The average Bonchev–Trinajstić information content (AvgIpc) is 2.36. The van der Waals surface area contributed by atoms with Gasteiger partial charge in [-0.1, -0.05) is 0 Å². The Balaban J connectivity index is 0.000000605. The zero-order valence-corrected chi connectivity index (χ0v) is 5.35. The van der Waals surface area contributed by atoms with E-state index in [4.69, 9.17) is 0 Å². The third-order valence-electron chi connectivity index (χ3n) is 1.59. The Morgan fingerprint density at radius 1 is 1.70 bits per heavy atom. The van der Waals surface area contributed by atoms with Gasteiger partial charge in [0.1, 0.15) is 5.69 Å². The molecule has 0 saturated carbocycles. The molecule has 0 radical (unpaired) electrons. The van der Waals surface area contributed by atoms with Gasteiger partial charge in [0.25, 0.3) is 5.91 Å². The third kappa shape index (κ3) is 0.618. The number of imidazole rings is 1. The van der Waals surface area contributed by atoms with Gasteiger partial charge in [0, 0.05) is 21.5 Å². The summed E-state index contributed by atoms with van der Waals surface area (Å²) in [6.45, 7) is 0.716. The lowest BCUT2D eigenvalue weighted by Gasteiger charge is -2.09. The van der Waals surface area contributed by atoms with Crippen LogP contribution >= 0.6 is 0 Å². The molecule has 1 aliphatic heterocycles. The monoisotopic (exact) mass is 141 g/mol. The van der Waals surface area contributed by atoms with Crippen LogP contribution in [-0.4, -0.2) is 22.4 Å². The summed E-state index contributed by atoms with van der Waals surface area (Å²) in [7, 11) is 0. The first-order valence-electron chi connectivity index (χ1n) is 3.18. The van der Waals surface area contributed by atoms with E-state index in [-0.39, 0.29) is 8.76 Å². The Hall–Kier alpha value is -1.32. The highest BCUT2D eigenvalue weighted by atomic mass is 16.1. The first kappa shape index (κ1) is 5.46. The molecule has 1 amide bonds. The van der Waals surface area contributed by atoms with Crippen LogP contribution in [0.3, 0.4) is 0 Å². The summed E-state index contributed by atoms with van der Waals surface area (Å²) in [6.07, 6.45) is 2.41. The zero-order valence-electron chi connectivity index (χ0n) is 5.35. The molecule has 0 atom stereocenters. The molecule has 2 N–H and O–H groups in total. The van der Waals surface area contributed by atoms with Crippen molar-refractivity contribution in [1.29, 1.82) is 0 Å². The van der Waals surface area contributed by atoms with Gasteiger partial charge >= 0.3 is 0 Å². The molecule has 1 aromatic rings. The Labute approximate surface area is 60.6 Å². The lowest BCUT2D eigenvalue weighted by Crippen LogP contribution is -2.31. The van der Waals surface area contributed by atoms with E-state index in [1.807, 2.05) is 0 Å². The van der Waals surface area contributed by atoms with Crippen molar-refractivity contribution in [2.75, 3.05) is 6.54 Å². The van der Waals surface area contributed by atoms with E-state index in [0.29, 0.717) is 12.2 Å². The third-order valence-corrected chi connectivity index (χ3v) is 1.59. The van der Waals surface area contributed by atoms with E-state index in [2.05, 4.69) is 15.3 Å². The molecule has 4 nitrogen and oxygen atoms in total. The lowest BCUT2D eigenvalue weighted by atomic mass is 10.2. The number of carbonyl (C=O) groups is 1. The lowest BCUT2D eigenvalue weighted by molar-refractivity contribution is 0.0941. The quantitative estimate of drug-likeness (QED) is 0.541. The Morgan fingerprint density at radius 2 is 2.60 bits per heavy atom. The fourth-order valence-corrected chi connectivity index (χ4v) is 1.09. The van der Waals surface area contributed by atoms with Gasteiger partial charge in [0.05, 0.1) is 6.33 Å². The summed E-state index contributed by atoms with van der Waals surface area (Å²) < 4.78 is 0. The number of hydrogen-bond acceptors (Lipinski definition) is 2. The topological polar surface area (TPSA) is 57.8 Å². The zero-order chi connectivity index (χ0) is 6.97. The van der Waals surface area contributed by atoms with Gasteiger partial charge < -0.3 is 10.3 Å². The number of hydrogen-bond donors (Lipinski definition) is 2. The highest BCUT2D eigenvalue weighted by Crippen LogP contribution is 2.06. The van der Waals surface area contributed by atoms with Gasteiger partial charge in [-0.2, -0.15) is 0 Å². The van der Waals surface area contributed by atoms with E-state index < -0.39 is 0 Å². The second-order valence-corrected chi connectivity index (χ2v) is 2.24. The standard InChI is InChI=1S/C6H7N3O.2H2/c10-6-5-4(1-2-7-6)8-3-9-5;;/h3H,1-2H2,(H,7,10)(H,8,9);2*1H. The molecule has 1 aliphatic rings. The molecule has 0 aliphatic carbocycles. The molecule has 0 fully saturated rings. The molecule has 0 saturated heterocycles. The van der Waals surface area contributed by atoms with Crippen molar-refractivity contribution in [3.05, 3.63) is 17.7 Å². The second kappa shape index (κ2) is 1.83. The van der Waals surface area contributed by atoms with Crippen molar-refractivity contribution in [3.8, 4) is 0 Å². The molecule has 2 heterocycles. The van der Waals surface area contributed by atoms with Crippen LogP contribution in [0.25, 0.3) is 0 Å². The number of nitrogens with zero attached hydrogens (tertiary/aromatic N) is 1. The van der Waals surface area contributed by atoms with E-state index in [1.54, 1.807) is 6.33 Å². The number of carbonyl (C=O) groups excluding carboxylic acids is 1. The van der Waals surface area contributed by atoms with E-state index in [9.17, 15) is 4.79 Å². The summed E-state index contributed by atoms with van der Waals surface area (Å²) in [5.41, 5.74) is 1.50. The Bertz CT molecular complexity index is 274. The van der Waals surface area contributed by atoms with Crippen molar-refractivity contribution < 1.29 is 7.65 Å². The van der Waals surface area contributed by atoms with Crippen molar-refractivity contribution in [2.24, 2.45) is 0 Å². The maximum atomic E-state index is 11.0. The second-order valence-electron chi connectivity index (χ2n) is 2.24. The highest BCUT2D eigenvalue weighted by Gasteiger charge is 2.17. The Kier molecular flexibility index (Phi) is 1.00. The number of rotatable bonds is 0. The maximum Gasteiger partial charge on any atom is 0.271 e. The van der Waals surface area contributed by atoms with E-state index in [0.717, 1.165) is 12.1 Å². The largest absolute Gasteiger partial charge is 0.350 e. The van der Waals surface area contributed by atoms with Gasteiger partial charge in [-0.3, -0.25) is 4.79 Å². The van der Waals surface area contributed by atoms with E-state index in [1.165, 1.54) is 0 Å². The molecule has 10 heavy (non-hydrogen) atoms. The molecular weight excluding hydrogens is 130 g/mol. The predicted molar refractivity (Wildman–Crippen MR) is 38.9 cm³/mol. The molecule has 56 valence electrons. The van der Waals surface area contributed by atoms with Crippen LogP contribution in [0, 0.1) is 0 Å². The summed E-state index contributed by atoms with van der Waals surface area (Å²) in [6, 6.07) is 0. The molecule has 0 unspecified atom stereocenters. The van der Waals surface area contributed by atoms with E-state index >= 15 is 0 Å². The highest BCUT2D eigenvalue weighted by molar-refractivity contribution is 5.94. The van der Waals surface area contributed by atoms with Crippen LogP contribution in [-0.2, 0) is 6.42 Å². The molecule has 4 heteroatoms. The predicted octanol–water partition coefficient (Wildman–Crippen LogP) is 0.188. The maximum absolute atomic E-state index is 11.0. The van der Waals surface area contributed by atoms with Crippen LogP contribution in [0.1, 0.15) is 19.0 Å². The smallest absolute Gasteiger partial charge is 0.271 e. The minimum absolute atomic E-state index is 0. The number of fused-ring (bicyclic) bond motifs is 1. The number of aromatic nitrogens is 2. The van der Waals surface area contributed by atoms with Gasteiger partial charge in [-0.15, -0.1) is 0 Å². The van der Waals surface area contributed by atoms with Crippen molar-refractivity contribution in [2.45, 2.75) is 6.42 Å². The van der Waals surface area contributed by atoms with Gasteiger partial charge in [0.15, 0.2) is 0 Å². The van der Waals surface area contributed by atoms with Crippen LogP contribution in [0.5, 0.6) is 0 Å². The van der Waals surface area contributed by atoms with Crippen LogP contribution in [0.15, 0.2) is 6.33 Å². The van der Waals surface area contributed by atoms with Crippen molar-refractivity contribution in [3.63, 3.8) is 0 Å². The van der Waals surface area contributed by atoms with Crippen LogP contribution in [0.4, 0.5) is 0 Å². The molecule has 0 aromatic carbocycles. The molecule has 1 aromatic heterocycles. The fourth-order valence-electron chi connectivity index (χ4n) is 1.09. The Morgan fingerprint density at radius 3 is 3.40 bits per heavy atom. The summed E-state index contributed by atoms with van der Waals surface area (Å²) in [5, 5.41) is 2.70. The number of aromatic amines is 1. The normalized spacial score (nSPS) is 16.2. The summed E-state index contributed by atoms with van der Waals surface area (Å²) >= 11 is 0. The van der Waals surface area contributed by atoms with Gasteiger partial charge in [-0.25, -0.2) is 4.98 Å². The summed E-state index contributed by atoms with van der Waals surface area (Å²) in [4.78, 5) is 17.7. The molecular formula is C6H11N3O. The molecule has 0 spiro atoms. The van der Waals surface area contributed by atoms with Crippen molar-refractivity contribution in [1.82, 2.24) is 15.3 Å². The minimum Gasteiger partial charge on any atom is -0.350 e. The molecule has 0 bridgehead atoms. The first-order chi connectivity index (χ1) is 4.88. The van der Waals surface area contributed by atoms with Crippen LogP contribution in [0.2, 0.25) is 0 Å². The number of nitrogens with one attached hydrogen (secondary N) is 2. The minimum atomic E-state index is -0.0671. The molecule has 2 rings (SSSR count). The number of amides is 1. The fraction of sp³-hybridized carbons (Fsp3) is 0.333. The van der Waals surface area contributed by atoms with Crippen molar-refractivity contribution >= 4 is 5.91 Å². The first-order valence-corrected chi connectivity index (χ1v) is 3.18. The van der Waals surface area contributed by atoms with Crippen LogP contribution < -0.4 is 5.32 Å². The van der Waals surface area contributed by atoms with Gasteiger partial charge in [-0.05, 0) is 0 Å².